The second kappa shape index (κ2) is 6.48. The summed E-state index contributed by atoms with van der Waals surface area (Å²) in [7, 11) is 1.68. The molecule has 1 unspecified atom stereocenters. The lowest BCUT2D eigenvalue weighted by Crippen LogP contribution is -2.43. The fourth-order valence-electron chi connectivity index (χ4n) is 2.95. The minimum Gasteiger partial charge on any atom is -0.497 e. The van der Waals surface area contributed by atoms with Crippen molar-refractivity contribution in [3.63, 3.8) is 0 Å². The molecule has 1 saturated carbocycles. The van der Waals surface area contributed by atoms with Crippen LogP contribution in [0.15, 0.2) is 24.3 Å². The molecule has 1 aliphatic carbocycles. The lowest BCUT2D eigenvalue weighted by molar-refractivity contribution is -0.126. The Morgan fingerprint density at radius 3 is 2.71 bits per heavy atom. The highest BCUT2D eigenvalue weighted by Gasteiger charge is 2.30. The van der Waals surface area contributed by atoms with E-state index in [0.717, 1.165) is 51.1 Å². The Morgan fingerprint density at radius 2 is 2.05 bits per heavy atom. The molecular formula is C17H24N2O2. The molecule has 0 bridgehead atoms. The molecule has 3 rings (SSSR count). The van der Waals surface area contributed by atoms with Crippen LogP contribution >= 0.6 is 0 Å². The standard InChI is InChI=1S/C17H24N2O2/c1-21-16-8-4-13(5-9-16)11-19-10-2-3-14(12-19)17(20)18-15-6-7-15/h4-5,8-9,14-15H,2-3,6-7,10-12H2,1H3,(H,18,20). The molecule has 4 heteroatoms. The van der Waals surface area contributed by atoms with E-state index in [4.69, 9.17) is 4.74 Å². The molecule has 114 valence electrons. The number of nitrogens with one attached hydrogen (secondary N) is 1. The van der Waals surface area contributed by atoms with E-state index in [1.165, 1.54) is 5.56 Å². The molecule has 1 aromatic carbocycles. The van der Waals surface area contributed by atoms with Crippen LogP contribution in [-0.2, 0) is 11.3 Å². The number of likely N-dealkylation sites (tertiary alicyclic amines) is 1. The molecule has 21 heavy (non-hydrogen) atoms. The molecule has 0 spiro atoms. The first-order chi connectivity index (χ1) is 10.2. The van der Waals surface area contributed by atoms with Gasteiger partial charge in [-0.15, -0.1) is 0 Å². The Morgan fingerprint density at radius 1 is 1.29 bits per heavy atom. The van der Waals surface area contributed by atoms with E-state index in [9.17, 15) is 4.79 Å². The molecule has 1 saturated heterocycles. The Bertz CT molecular complexity index is 482. The first-order valence-electron chi connectivity index (χ1n) is 7.90. The summed E-state index contributed by atoms with van der Waals surface area (Å²) in [5.41, 5.74) is 1.28. The highest BCUT2D eigenvalue weighted by atomic mass is 16.5. The van der Waals surface area contributed by atoms with Crippen LogP contribution in [0.1, 0.15) is 31.2 Å². The molecule has 1 aromatic rings. The number of hydrogen-bond acceptors (Lipinski definition) is 3. The van der Waals surface area contributed by atoms with Gasteiger partial charge < -0.3 is 10.1 Å². The molecule has 0 aromatic heterocycles. The third-order valence-corrected chi connectivity index (χ3v) is 4.37. The Hall–Kier alpha value is -1.55. The number of methoxy groups -OCH3 is 1. The van der Waals surface area contributed by atoms with Gasteiger partial charge in [0.2, 0.25) is 5.91 Å². The zero-order chi connectivity index (χ0) is 14.7. The van der Waals surface area contributed by atoms with Crippen LogP contribution in [0, 0.1) is 5.92 Å². The van der Waals surface area contributed by atoms with Gasteiger partial charge in [0.05, 0.1) is 13.0 Å². The molecule has 1 aliphatic heterocycles. The maximum absolute atomic E-state index is 12.2. The number of hydrogen-bond donors (Lipinski definition) is 1. The number of piperidine rings is 1. The van der Waals surface area contributed by atoms with Gasteiger partial charge in [0.25, 0.3) is 0 Å². The van der Waals surface area contributed by atoms with Crippen molar-refractivity contribution in [2.45, 2.75) is 38.3 Å². The van der Waals surface area contributed by atoms with Crippen molar-refractivity contribution < 1.29 is 9.53 Å². The normalized spacial score (nSPS) is 22.8. The molecule has 1 atom stereocenters. The van der Waals surface area contributed by atoms with Gasteiger partial charge in [-0.1, -0.05) is 12.1 Å². The van der Waals surface area contributed by atoms with Gasteiger partial charge in [-0.2, -0.15) is 0 Å². The molecule has 2 fully saturated rings. The smallest absolute Gasteiger partial charge is 0.224 e. The predicted octanol–water partition coefficient (Wildman–Crippen LogP) is 2.19. The van der Waals surface area contributed by atoms with E-state index < -0.39 is 0 Å². The van der Waals surface area contributed by atoms with Crippen LogP contribution in [0.2, 0.25) is 0 Å². The maximum atomic E-state index is 12.2. The van der Waals surface area contributed by atoms with Gasteiger partial charge in [0.1, 0.15) is 5.75 Å². The fraction of sp³-hybridized carbons (Fsp3) is 0.588. The summed E-state index contributed by atoms with van der Waals surface area (Å²) in [4.78, 5) is 14.6. The SMILES string of the molecule is COc1ccc(CN2CCCC(C(=O)NC3CC3)C2)cc1. The van der Waals surface area contributed by atoms with Gasteiger partial charge >= 0.3 is 0 Å². The summed E-state index contributed by atoms with van der Waals surface area (Å²) in [6, 6.07) is 8.67. The van der Waals surface area contributed by atoms with Crippen LogP contribution in [0.4, 0.5) is 0 Å². The van der Waals surface area contributed by atoms with Crippen molar-refractivity contribution in [3.05, 3.63) is 29.8 Å². The molecule has 1 N–H and O–H groups in total. The van der Waals surface area contributed by atoms with Gasteiger partial charge in [0.15, 0.2) is 0 Å². The number of nitrogens with zero attached hydrogens (tertiary/aromatic N) is 1. The highest BCUT2D eigenvalue weighted by Crippen LogP contribution is 2.23. The molecule has 1 heterocycles. The van der Waals surface area contributed by atoms with Crippen LogP contribution in [0.25, 0.3) is 0 Å². The summed E-state index contributed by atoms with van der Waals surface area (Å²) >= 11 is 0. The number of benzene rings is 1. The first kappa shape index (κ1) is 14.4. The molecule has 2 aliphatic rings. The average Bonchev–Trinajstić information content (AvgIpc) is 3.32. The van der Waals surface area contributed by atoms with E-state index in [2.05, 4.69) is 22.3 Å². The number of carbonyl (C=O) groups is 1. The molecule has 4 nitrogen and oxygen atoms in total. The summed E-state index contributed by atoms with van der Waals surface area (Å²) in [5.74, 6) is 1.31. The molecule has 1 amide bonds. The quantitative estimate of drug-likeness (QED) is 0.903. The van der Waals surface area contributed by atoms with Crippen LogP contribution in [-0.4, -0.2) is 37.0 Å². The maximum Gasteiger partial charge on any atom is 0.224 e. The number of amides is 1. The van der Waals surface area contributed by atoms with Crippen molar-refractivity contribution in [3.8, 4) is 5.75 Å². The number of ether oxygens (including phenoxy) is 1. The lowest BCUT2D eigenvalue weighted by Gasteiger charge is -2.32. The number of rotatable bonds is 5. The minimum atomic E-state index is 0.164. The monoisotopic (exact) mass is 288 g/mol. The summed E-state index contributed by atoms with van der Waals surface area (Å²) in [5, 5.41) is 3.14. The van der Waals surface area contributed by atoms with E-state index in [-0.39, 0.29) is 11.8 Å². The third kappa shape index (κ3) is 3.97. The molecule has 0 radical (unpaired) electrons. The summed E-state index contributed by atoms with van der Waals surface area (Å²) in [6.07, 6.45) is 4.46. The van der Waals surface area contributed by atoms with Gasteiger partial charge in [-0.05, 0) is 49.9 Å². The minimum absolute atomic E-state index is 0.164. The van der Waals surface area contributed by atoms with Crippen molar-refractivity contribution in [2.75, 3.05) is 20.2 Å². The summed E-state index contributed by atoms with van der Waals surface area (Å²) in [6.45, 7) is 2.88. The Balaban J connectivity index is 1.53. The van der Waals surface area contributed by atoms with Crippen molar-refractivity contribution in [2.24, 2.45) is 5.92 Å². The van der Waals surface area contributed by atoms with E-state index in [0.29, 0.717) is 6.04 Å². The summed E-state index contributed by atoms with van der Waals surface area (Å²) < 4.78 is 5.18. The Kier molecular flexibility index (Phi) is 4.44. The topological polar surface area (TPSA) is 41.6 Å². The zero-order valence-corrected chi connectivity index (χ0v) is 12.7. The third-order valence-electron chi connectivity index (χ3n) is 4.37. The second-order valence-corrected chi connectivity index (χ2v) is 6.21. The predicted molar refractivity (Wildman–Crippen MR) is 82.2 cm³/mol. The highest BCUT2D eigenvalue weighted by molar-refractivity contribution is 5.79. The average molecular weight is 288 g/mol. The van der Waals surface area contributed by atoms with Gasteiger partial charge in [-0.3, -0.25) is 9.69 Å². The second-order valence-electron chi connectivity index (χ2n) is 6.21. The largest absolute Gasteiger partial charge is 0.497 e. The first-order valence-corrected chi connectivity index (χ1v) is 7.90. The van der Waals surface area contributed by atoms with Crippen LogP contribution in [0.3, 0.4) is 0 Å². The lowest BCUT2D eigenvalue weighted by atomic mass is 9.96. The number of carbonyl (C=O) groups excluding carboxylic acids is 1. The van der Waals surface area contributed by atoms with Crippen LogP contribution < -0.4 is 10.1 Å². The zero-order valence-electron chi connectivity index (χ0n) is 12.7. The van der Waals surface area contributed by atoms with E-state index in [1.54, 1.807) is 7.11 Å². The fourth-order valence-corrected chi connectivity index (χ4v) is 2.95. The van der Waals surface area contributed by atoms with Crippen molar-refractivity contribution in [1.29, 1.82) is 0 Å². The van der Waals surface area contributed by atoms with Gasteiger partial charge in [0, 0.05) is 19.1 Å². The Labute approximate surface area is 126 Å². The van der Waals surface area contributed by atoms with E-state index in [1.807, 2.05) is 12.1 Å². The van der Waals surface area contributed by atoms with Crippen molar-refractivity contribution >= 4 is 5.91 Å². The van der Waals surface area contributed by atoms with Crippen molar-refractivity contribution in [1.82, 2.24) is 10.2 Å². The molecular weight excluding hydrogens is 264 g/mol. The van der Waals surface area contributed by atoms with E-state index >= 15 is 0 Å². The van der Waals surface area contributed by atoms with Gasteiger partial charge in [-0.25, -0.2) is 0 Å². The van der Waals surface area contributed by atoms with Crippen LogP contribution in [0.5, 0.6) is 5.75 Å².